The zero-order valence-corrected chi connectivity index (χ0v) is 15.2. The Hall–Kier alpha value is -2.62. The fourth-order valence-electron chi connectivity index (χ4n) is 3.22. The van der Waals surface area contributed by atoms with E-state index in [-0.39, 0.29) is 5.91 Å². The quantitative estimate of drug-likeness (QED) is 0.620. The molecule has 3 rings (SSSR count). The second kappa shape index (κ2) is 8.65. The lowest BCUT2D eigenvalue weighted by molar-refractivity contribution is -0.129. The average Bonchev–Trinajstić information content (AvgIpc) is 2.68. The lowest BCUT2D eigenvalue weighted by Crippen LogP contribution is -2.36. The Labute approximate surface area is 154 Å². The van der Waals surface area contributed by atoms with Crippen molar-refractivity contribution in [3.63, 3.8) is 0 Å². The molecule has 0 aromatic heterocycles. The number of carbonyl (C=O) groups is 2. The molecular formula is C22H25NO3. The molecule has 1 aliphatic carbocycles. The van der Waals surface area contributed by atoms with Gasteiger partial charge >= 0.3 is 5.97 Å². The van der Waals surface area contributed by atoms with Crippen molar-refractivity contribution in [2.75, 3.05) is 6.54 Å². The van der Waals surface area contributed by atoms with Crippen molar-refractivity contribution in [1.29, 1.82) is 0 Å². The summed E-state index contributed by atoms with van der Waals surface area (Å²) in [6.07, 6.45) is 7.10. The van der Waals surface area contributed by atoms with Gasteiger partial charge in [-0.3, -0.25) is 4.79 Å². The van der Waals surface area contributed by atoms with Crippen LogP contribution in [-0.4, -0.2) is 24.5 Å². The van der Waals surface area contributed by atoms with Gasteiger partial charge in [-0.2, -0.15) is 0 Å². The number of fused-ring (bicyclic) bond motifs is 1. The number of benzene rings is 2. The van der Waals surface area contributed by atoms with Crippen LogP contribution < -0.4 is 5.32 Å². The van der Waals surface area contributed by atoms with Crippen LogP contribution in [0, 0.1) is 0 Å². The predicted molar refractivity (Wildman–Crippen MR) is 103 cm³/mol. The van der Waals surface area contributed by atoms with E-state index >= 15 is 0 Å². The summed E-state index contributed by atoms with van der Waals surface area (Å²) in [6, 6.07) is 13.2. The fourth-order valence-corrected chi connectivity index (χ4v) is 3.22. The molecular weight excluding hydrogens is 326 g/mol. The van der Waals surface area contributed by atoms with Crippen molar-refractivity contribution in [2.45, 2.75) is 45.1 Å². The lowest BCUT2D eigenvalue weighted by atomic mass is 9.97. The summed E-state index contributed by atoms with van der Waals surface area (Å²) in [5, 5.41) is 4.89. The van der Waals surface area contributed by atoms with E-state index in [1.54, 1.807) is 19.1 Å². The lowest BCUT2D eigenvalue weighted by Gasteiger charge is -2.15. The molecule has 0 fully saturated rings. The number of esters is 1. The maximum absolute atomic E-state index is 12.3. The van der Waals surface area contributed by atoms with E-state index in [4.69, 9.17) is 4.74 Å². The summed E-state index contributed by atoms with van der Waals surface area (Å²) in [5.41, 5.74) is 1.87. The third kappa shape index (κ3) is 4.72. The van der Waals surface area contributed by atoms with Gasteiger partial charge in [0.2, 0.25) is 0 Å². The summed E-state index contributed by atoms with van der Waals surface area (Å²) >= 11 is 0. The molecule has 1 amide bonds. The summed E-state index contributed by atoms with van der Waals surface area (Å²) < 4.78 is 5.32. The zero-order chi connectivity index (χ0) is 18.4. The summed E-state index contributed by atoms with van der Waals surface area (Å²) in [6.45, 7) is 2.19. The van der Waals surface area contributed by atoms with E-state index in [9.17, 15) is 9.59 Å². The maximum atomic E-state index is 12.3. The van der Waals surface area contributed by atoms with Crippen LogP contribution in [0.5, 0.6) is 0 Å². The van der Waals surface area contributed by atoms with Crippen molar-refractivity contribution < 1.29 is 14.3 Å². The molecule has 4 heteroatoms. The molecule has 2 aromatic rings. The normalized spacial score (nSPS) is 15.2. The van der Waals surface area contributed by atoms with Crippen LogP contribution >= 0.6 is 0 Å². The Balaban J connectivity index is 1.50. The number of ether oxygens (including phenoxy) is 1. The van der Waals surface area contributed by atoms with E-state index in [2.05, 4.69) is 11.4 Å². The Morgan fingerprint density at radius 2 is 1.92 bits per heavy atom. The third-order valence-corrected chi connectivity index (χ3v) is 4.77. The number of allylic oxidation sites excluding steroid dienone is 1. The van der Waals surface area contributed by atoms with Crippen LogP contribution in [-0.2, 0) is 9.53 Å². The number of rotatable bonds is 6. The highest BCUT2D eigenvalue weighted by Crippen LogP contribution is 2.19. The van der Waals surface area contributed by atoms with Crippen LogP contribution in [0.25, 0.3) is 10.8 Å². The van der Waals surface area contributed by atoms with E-state index in [0.29, 0.717) is 12.1 Å². The maximum Gasteiger partial charge on any atom is 0.338 e. The van der Waals surface area contributed by atoms with Crippen LogP contribution in [0.1, 0.15) is 49.4 Å². The topological polar surface area (TPSA) is 55.4 Å². The zero-order valence-electron chi connectivity index (χ0n) is 15.2. The van der Waals surface area contributed by atoms with Crippen LogP contribution in [0.4, 0.5) is 0 Å². The molecule has 2 aromatic carbocycles. The number of nitrogens with one attached hydrogen (secondary N) is 1. The monoisotopic (exact) mass is 351 g/mol. The first-order valence-corrected chi connectivity index (χ1v) is 9.29. The first-order chi connectivity index (χ1) is 12.6. The predicted octanol–water partition coefficient (Wildman–Crippen LogP) is 4.39. The molecule has 26 heavy (non-hydrogen) atoms. The van der Waals surface area contributed by atoms with Crippen LogP contribution in [0.3, 0.4) is 0 Å². The fraction of sp³-hybridized carbons (Fsp3) is 0.364. The number of hydrogen-bond donors (Lipinski definition) is 1. The molecule has 1 atom stereocenters. The highest BCUT2D eigenvalue weighted by atomic mass is 16.5. The largest absolute Gasteiger partial charge is 0.449 e. The van der Waals surface area contributed by atoms with E-state index < -0.39 is 12.1 Å². The molecule has 1 N–H and O–H groups in total. The molecule has 136 valence electrons. The highest BCUT2D eigenvalue weighted by Gasteiger charge is 2.19. The van der Waals surface area contributed by atoms with Crippen LogP contribution in [0.2, 0.25) is 0 Å². The van der Waals surface area contributed by atoms with E-state index in [1.807, 2.05) is 30.3 Å². The van der Waals surface area contributed by atoms with Crippen molar-refractivity contribution in [3.8, 4) is 0 Å². The van der Waals surface area contributed by atoms with Crippen molar-refractivity contribution >= 4 is 22.6 Å². The second-order valence-electron chi connectivity index (χ2n) is 6.76. The summed E-state index contributed by atoms with van der Waals surface area (Å²) in [7, 11) is 0. The van der Waals surface area contributed by atoms with Gasteiger partial charge in [-0.1, -0.05) is 42.0 Å². The van der Waals surface area contributed by atoms with Gasteiger partial charge in [0.15, 0.2) is 6.10 Å². The second-order valence-corrected chi connectivity index (χ2v) is 6.76. The number of amides is 1. The van der Waals surface area contributed by atoms with Gasteiger partial charge in [0.25, 0.3) is 5.91 Å². The number of hydrogen-bond acceptors (Lipinski definition) is 3. The Morgan fingerprint density at radius 3 is 2.69 bits per heavy atom. The molecule has 4 nitrogen and oxygen atoms in total. The van der Waals surface area contributed by atoms with E-state index in [0.717, 1.165) is 30.0 Å². The van der Waals surface area contributed by atoms with Crippen molar-refractivity contribution in [3.05, 3.63) is 59.7 Å². The molecule has 0 spiro atoms. The standard InChI is InChI=1S/C22H25NO3/c1-16(21(24)23-14-13-17-7-3-2-4-8-17)26-22(25)20-12-11-18-9-5-6-10-19(18)15-20/h5-7,9-12,15-16H,2-4,8,13-14H2,1H3,(H,23,24)/t16-/m0/s1. The Kier molecular flexibility index (Phi) is 6.05. The van der Waals surface area contributed by atoms with Gasteiger partial charge in [-0.05, 0) is 61.9 Å². The first-order valence-electron chi connectivity index (χ1n) is 9.29. The molecule has 0 saturated carbocycles. The van der Waals surface area contributed by atoms with Gasteiger partial charge < -0.3 is 10.1 Å². The molecule has 0 aliphatic heterocycles. The Morgan fingerprint density at radius 1 is 1.12 bits per heavy atom. The molecule has 0 radical (unpaired) electrons. The van der Waals surface area contributed by atoms with Gasteiger partial charge in [0, 0.05) is 6.54 Å². The molecule has 1 aliphatic rings. The molecule has 0 bridgehead atoms. The van der Waals surface area contributed by atoms with Gasteiger partial charge in [0.05, 0.1) is 5.56 Å². The summed E-state index contributed by atoms with van der Waals surface area (Å²) in [5.74, 6) is -0.732. The molecule has 0 saturated heterocycles. The molecule has 0 heterocycles. The Bertz CT molecular complexity index is 825. The minimum atomic E-state index is -0.811. The van der Waals surface area contributed by atoms with Gasteiger partial charge in [-0.15, -0.1) is 0 Å². The molecule has 0 unspecified atom stereocenters. The number of carbonyl (C=O) groups excluding carboxylic acids is 2. The first kappa shape index (κ1) is 18.2. The van der Waals surface area contributed by atoms with Gasteiger partial charge in [-0.25, -0.2) is 4.79 Å². The SMILES string of the molecule is C[C@H](OC(=O)c1ccc2ccccc2c1)C(=O)NCCC1=CCCCC1. The minimum Gasteiger partial charge on any atom is -0.449 e. The minimum absolute atomic E-state index is 0.254. The van der Waals surface area contributed by atoms with E-state index in [1.165, 1.54) is 18.4 Å². The highest BCUT2D eigenvalue weighted by molar-refractivity contribution is 5.96. The third-order valence-electron chi connectivity index (χ3n) is 4.77. The summed E-state index contributed by atoms with van der Waals surface area (Å²) in [4.78, 5) is 24.5. The van der Waals surface area contributed by atoms with Crippen molar-refractivity contribution in [1.82, 2.24) is 5.32 Å². The average molecular weight is 351 g/mol. The smallest absolute Gasteiger partial charge is 0.338 e. The van der Waals surface area contributed by atoms with Crippen molar-refractivity contribution in [2.24, 2.45) is 0 Å². The van der Waals surface area contributed by atoms with Gasteiger partial charge in [0.1, 0.15) is 0 Å². The van der Waals surface area contributed by atoms with Crippen LogP contribution in [0.15, 0.2) is 54.1 Å².